The lowest BCUT2D eigenvalue weighted by molar-refractivity contribution is -0.138. The Morgan fingerprint density at radius 1 is 1.45 bits per heavy atom. The lowest BCUT2D eigenvalue weighted by Gasteiger charge is -2.08. The van der Waals surface area contributed by atoms with Crippen molar-refractivity contribution in [1.82, 2.24) is 14.8 Å². The summed E-state index contributed by atoms with van der Waals surface area (Å²) in [5.74, 6) is -1.20. The number of hydrogen-bond donors (Lipinski definition) is 1. The number of hydrogen-bond acceptors (Lipinski definition) is 3. The molecule has 1 aliphatic carbocycles. The minimum atomic E-state index is -4.51. The molecule has 0 saturated heterocycles. The third kappa shape index (κ3) is 2.10. The number of carboxylic acids is 1. The van der Waals surface area contributed by atoms with Gasteiger partial charge >= 0.3 is 12.1 Å². The highest BCUT2D eigenvalue weighted by molar-refractivity contribution is 5.84. The second kappa shape index (κ2) is 4.19. The molecule has 3 rings (SSSR count). The zero-order valence-corrected chi connectivity index (χ0v) is 10.2. The number of carbonyl (C=O) groups is 1. The molecule has 0 aromatic carbocycles. The summed E-state index contributed by atoms with van der Waals surface area (Å²) in [7, 11) is 0. The van der Waals surface area contributed by atoms with Crippen molar-refractivity contribution < 1.29 is 23.1 Å². The van der Waals surface area contributed by atoms with E-state index in [-0.39, 0.29) is 17.0 Å². The Bertz CT molecular complexity index is 689. The molecule has 1 fully saturated rings. The number of alkyl halides is 3. The van der Waals surface area contributed by atoms with Crippen molar-refractivity contribution >= 4 is 17.0 Å². The van der Waals surface area contributed by atoms with E-state index >= 15 is 0 Å². The van der Waals surface area contributed by atoms with Gasteiger partial charge in [0.05, 0.1) is 16.6 Å². The molecule has 0 amide bonds. The number of halogens is 3. The molecule has 1 N–H and O–H groups in total. The summed E-state index contributed by atoms with van der Waals surface area (Å²) in [6.45, 7) is -0.502. The minimum absolute atomic E-state index is 0.0240. The standard InChI is InChI=1S/C12H10F3N3O2/c13-12(14,15)7-3-4-16-11-9(7)10(6-1-2-6)17-18(11)5-8(19)20/h3-4,6H,1-2,5H2,(H,19,20). The maximum Gasteiger partial charge on any atom is 0.417 e. The van der Waals surface area contributed by atoms with Gasteiger partial charge in [0.2, 0.25) is 0 Å². The van der Waals surface area contributed by atoms with E-state index in [4.69, 9.17) is 5.11 Å². The Hall–Kier alpha value is -2.12. The van der Waals surface area contributed by atoms with Crippen molar-refractivity contribution in [2.24, 2.45) is 0 Å². The number of nitrogens with zero attached hydrogens (tertiary/aromatic N) is 3. The molecule has 0 unspecified atom stereocenters. The SMILES string of the molecule is O=C(O)Cn1nc(C2CC2)c2c(C(F)(F)F)ccnc21. The Kier molecular flexibility index (Phi) is 2.70. The van der Waals surface area contributed by atoms with Crippen LogP contribution in [0.3, 0.4) is 0 Å². The van der Waals surface area contributed by atoms with E-state index < -0.39 is 24.3 Å². The van der Waals surface area contributed by atoms with Gasteiger partial charge in [0.1, 0.15) is 6.54 Å². The molecule has 5 nitrogen and oxygen atoms in total. The van der Waals surface area contributed by atoms with Gasteiger partial charge in [-0.25, -0.2) is 9.67 Å². The summed E-state index contributed by atoms with van der Waals surface area (Å²) in [5, 5.41) is 12.8. The van der Waals surface area contributed by atoms with Crippen LogP contribution < -0.4 is 0 Å². The van der Waals surface area contributed by atoms with Gasteiger partial charge in [0, 0.05) is 12.1 Å². The molecular weight excluding hydrogens is 275 g/mol. The average Bonchev–Trinajstić information content (AvgIpc) is 3.12. The quantitative estimate of drug-likeness (QED) is 0.940. The fourth-order valence-corrected chi connectivity index (χ4v) is 2.24. The molecule has 106 valence electrons. The van der Waals surface area contributed by atoms with Crippen LogP contribution in [0, 0.1) is 0 Å². The van der Waals surface area contributed by atoms with Crippen LogP contribution >= 0.6 is 0 Å². The summed E-state index contributed by atoms with van der Waals surface area (Å²) in [6, 6.07) is 0.904. The Morgan fingerprint density at radius 2 is 2.15 bits per heavy atom. The van der Waals surface area contributed by atoms with E-state index in [1.807, 2.05) is 0 Å². The van der Waals surface area contributed by atoms with Crippen molar-refractivity contribution in [3.63, 3.8) is 0 Å². The number of pyridine rings is 1. The van der Waals surface area contributed by atoms with Gasteiger partial charge in [-0.15, -0.1) is 0 Å². The van der Waals surface area contributed by atoms with E-state index in [0.717, 1.165) is 29.8 Å². The van der Waals surface area contributed by atoms with Crippen molar-refractivity contribution in [3.8, 4) is 0 Å². The fourth-order valence-electron chi connectivity index (χ4n) is 2.24. The van der Waals surface area contributed by atoms with Gasteiger partial charge in [-0.1, -0.05) is 0 Å². The molecule has 20 heavy (non-hydrogen) atoms. The Balaban J connectivity index is 2.27. The number of aliphatic carboxylic acids is 1. The van der Waals surface area contributed by atoms with Crippen molar-refractivity contribution in [2.75, 3.05) is 0 Å². The van der Waals surface area contributed by atoms with Crippen molar-refractivity contribution in [2.45, 2.75) is 31.5 Å². The summed E-state index contributed by atoms with van der Waals surface area (Å²) in [4.78, 5) is 14.7. The van der Waals surface area contributed by atoms with Crippen LogP contribution in [-0.2, 0) is 17.5 Å². The lowest BCUT2D eigenvalue weighted by Crippen LogP contribution is -2.11. The van der Waals surface area contributed by atoms with Crippen LogP contribution in [0.1, 0.15) is 30.0 Å². The molecule has 8 heteroatoms. The van der Waals surface area contributed by atoms with Gasteiger partial charge in [0.25, 0.3) is 0 Å². The first-order chi connectivity index (χ1) is 9.38. The second-order valence-corrected chi connectivity index (χ2v) is 4.77. The number of carboxylic acid groups (broad SMARTS) is 1. The molecule has 0 bridgehead atoms. The van der Waals surface area contributed by atoms with Gasteiger partial charge < -0.3 is 5.11 Å². The topological polar surface area (TPSA) is 68.0 Å². The Labute approximate surface area is 111 Å². The predicted molar refractivity (Wildman–Crippen MR) is 62.1 cm³/mol. The van der Waals surface area contributed by atoms with E-state index in [9.17, 15) is 18.0 Å². The minimum Gasteiger partial charge on any atom is -0.480 e. The van der Waals surface area contributed by atoms with Crippen LogP contribution in [0.25, 0.3) is 11.0 Å². The normalized spacial score (nSPS) is 15.8. The maximum atomic E-state index is 13.1. The van der Waals surface area contributed by atoms with Gasteiger partial charge in [-0.05, 0) is 18.9 Å². The number of fused-ring (bicyclic) bond motifs is 1. The monoisotopic (exact) mass is 285 g/mol. The summed E-state index contributed by atoms with van der Waals surface area (Å²) < 4.78 is 40.2. The first kappa shape index (κ1) is 12.9. The maximum absolute atomic E-state index is 13.1. The number of rotatable bonds is 3. The van der Waals surface area contributed by atoms with E-state index in [1.165, 1.54) is 0 Å². The lowest BCUT2D eigenvalue weighted by atomic mass is 10.1. The van der Waals surface area contributed by atoms with Crippen molar-refractivity contribution in [1.29, 1.82) is 0 Å². The fraction of sp³-hybridized carbons (Fsp3) is 0.417. The largest absolute Gasteiger partial charge is 0.480 e. The molecule has 0 aliphatic heterocycles. The molecule has 1 saturated carbocycles. The van der Waals surface area contributed by atoms with Gasteiger partial charge in [0.15, 0.2) is 5.65 Å². The first-order valence-corrected chi connectivity index (χ1v) is 6.02. The molecule has 1 aliphatic rings. The average molecular weight is 285 g/mol. The van der Waals surface area contributed by atoms with Crippen LogP contribution in [0.4, 0.5) is 13.2 Å². The zero-order chi connectivity index (χ0) is 14.5. The molecule has 2 aromatic rings. The Morgan fingerprint density at radius 3 is 2.70 bits per heavy atom. The smallest absolute Gasteiger partial charge is 0.417 e. The third-order valence-electron chi connectivity index (χ3n) is 3.21. The molecule has 0 spiro atoms. The predicted octanol–water partition coefficient (Wildman–Crippen LogP) is 2.41. The van der Waals surface area contributed by atoms with Crippen LogP contribution in [0.15, 0.2) is 12.3 Å². The van der Waals surface area contributed by atoms with E-state index in [2.05, 4.69) is 10.1 Å². The van der Waals surface area contributed by atoms with E-state index in [0.29, 0.717) is 5.69 Å². The molecular formula is C12H10F3N3O2. The van der Waals surface area contributed by atoms with Crippen LogP contribution in [0.2, 0.25) is 0 Å². The summed E-state index contributed by atoms with van der Waals surface area (Å²) in [6.07, 6.45) is -1.94. The second-order valence-electron chi connectivity index (χ2n) is 4.77. The van der Waals surface area contributed by atoms with Crippen LogP contribution in [0.5, 0.6) is 0 Å². The molecule has 0 atom stereocenters. The summed E-state index contributed by atoms with van der Waals surface area (Å²) >= 11 is 0. The molecule has 2 heterocycles. The van der Waals surface area contributed by atoms with Gasteiger partial charge in [-0.3, -0.25) is 4.79 Å². The molecule has 0 radical (unpaired) electrons. The van der Waals surface area contributed by atoms with E-state index in [1.54, 1.807) is 0 Å². The first-order valence-electron chi connectivity index (χ1n) is 6.02. The summed E-state index contributed by atoms with van der Waals surface area (Å²) in [5.41, 5.74) is -0.521. The molecule has 2 aromatic heterocycles. The highest BCUT2D eigenvalue weighted by Crippen LogP contribution is 2.45. The highest BCUT2D eigenvalue weighted by atomic mass is 19.4. The number of aromatic nitrogens is 3. The third-order valence-corrected chi connectivity index (χ3v) is 3.21. The highest BCUT2D eigenvalue weighted by Gasteiger charge is 2.38. The van der Waals surface area contributed by atoms with Gasteiger partial charge in [-0.2, -0.15) is 18.3 Å². The zero-order valence-electron chi connectivity index (χ0n) is 10.2. The van der Waals surface area contributed by atoms with Crippen LogP contribution in [-0.4, -0.2) is 25.8 Å². The van der Waals surface area contributed by atoms with Crippen molar-refractivity contribution in [3.05, 3.63) is 23.5 Å².